The molecule has 4 rings (SSSR count). The van der Waals surface area contributed by atoms with E-state index in [-0.39, 0.29) is 11.9 Å². The standard InChI is InChI=1S/C23H35N3O4S/c1-29-23(28)21-18-4-2-3-5-19(18)31-22(21)24-20(27)16-26-10-7-17(8-11-26)6-9-25-12-14-30-15-13-25/h17H,2-16H2,1H3,(H,24,27). The molecule has 0 unspecified atom stereocenters. The fourth-order valence-electron chi connectivity index (χ4n) is 4.96. The minimum atomic E-state index is -0.337. The lowest BCUT2D eigenvalue weighted by atomic mass is 9.93. The summed E-state index contributed by atoms with van der Waals surface area (Å²) in [6.07, 6.45) is 7.64. The van der Waals surface area contributed by atoms with Crippen molar-refractivity contribution in [3.05, 3.63) is 16.0 Å². The number of nitrogens with zero attached hydrogens (tertiary/aromatic N) is 2. The predicted octanol–water partition coefficient (Wildman–Crippen LogP) is 2.79. The van der Waals surface area contributed by atoms with Crippen LogP contribution in [0.3, 0.4) is 0 Å². The van der Waals surface area contributed by atoms with Crippen LogP contribution in [-0.2, 0) is 27.1 Å². The molecule has 31 heavy (non-hydrogen) atoms. The van der Waals surface area contributed by atoms with Gasteiger partial charge in [0.2, 0.25) is 5.91 Å². The first kappa shape index (κ1) is 22.7. The SMILES string of the molecule is COC(=O)c1c(NC(=O)CN2CCC(CCN3CCOCC3)CC2)sc2c1CCCC2. The lowest BCUT2D eigenvalue weighted by molar-refractivity contribution is -0.117. The molecule has 3 aliphatic rings. The van der Waals surface area contributed by atoms with Crippen LogP contribution in [0.2, 0.25) is 0 Å². The van der Waals surface area contributed by atoms with E-state index in [0.717, 1.165) is 95.9 Å². The van der Waals surface area contributed by atoms with Crippen molar-refractivity contribution in [2.24, 2.45) is 5.92 Å². The number of hydrogen-bond donors (Lipinski definition) is 1. The molecular formula is C23H35N3O4S. The molecule has 1 aliphatic carbocycles. The summed E-state index contributed by atoms with van der Waals surface area (Å²) < 4.78 is 10.4. The summed E-state index contributed by atoms with van der Waals surface area (Å²) in [6.45, 7) is 7.31. The van der Waals surface area contributed by atoms with E-state index >= 15 is 0 Å². The van der Waals surface area contributed by atoms with Crippen LogP contribution >= 0.6 is 11.3 Å². The van der Waals surface area contributed by atoms with Gasteiger partial charge in [0.05, 0.1) is 32.4 Å². The highest BCUT2D eigenvalue weighted by atomic mass is 32.1. The van der Waals surface area contributed by atoms with Crippen molar-refractivity contribution < 1.29 is 19.1 Å². The number of esters is 1. The average molecular weight is 450 g/mol. The topological polar surface area (TPSA) is 71.1 Å². The van der Waals surface area contributed by atoms with Gasteiger partial charge in [-0.2, -0.15) is 0 Å². The Bertz CT molecular complexity index is 767. The van der Waals surface area contributed by atoms with Crippen LogP contribution in [0, 0.1) is 5.92 Å². The normalized spacial score (nSPS) is 20.9. The van der Waals surface area contributed by atoms with Gasteiger partial charge in [0.1, 0.15) is 5.00 Å². The van der Waals surface area contributed by atoms with Crippen LogP contribution in [0.25, 0.3) is 0 Å². The highest BCUT2D eigenvalue weighted by molar-refractivity contribution is 7.17. The number of aryl methyl sites for hydroxylation is 1. The summed E-state index contributed by atoms with van der Waals surface area (Å²) in [6, 6.07) is 0. The number of thiophene rings is 1. The maximum absolute atomic E-state index is 12.8. The summed E-state index contributed by atoms with van der Waals surface area (Å²) >= 11 is 1.55. The van der Waals surface area contributed by atoms with Gasteiger partial charge in [-0.25, -0.2) is 4.79 Å². The van der Waals surface area contributed by atoms with Crippen LogP contribution in [0.5, 0.6) is 0 Å². The Balaban J connectivity index is 1.25. The highest BCUT2D eigenvalue weighted by Gasteiger charge is 2.28. The second kappa shape index (κ2) is 10.9. The number of amides is 1. The molecule has 1 N–H and O–H groups in total. The Hall–Kier alpha value is -1.48. The molecule has 0 spiro atoms. The molecule has 1 aromatic rings. The number of likely N-dealkylation sites (tertiary alicyclic amines) is 1. The zero-order valence-corrected chi connectivity index (χ0v) is 19.4. The Morgan fingerprint density at radius 3 is 2.58 bits per heavy atom. The van der Waals surface area contributed by atoms with E-state index in [1.165, 1.54) is 18.4 Å². The van der Waals surface area contributed by atoms with Gasteiger partial charge in [0.15, 0.2) is 0 Å². The summed E-state index contributed by atoms with van der Waals surface area (Å²) in [7, 11) is 1.41. The molecule has 3 heterocycles. The minimum absolute atomic E-state index is 0.0319. The third kappa shape index (κ3) is 5.86. The Labute approximate surface area is 189 Å². The summed E-state index contributed by atoms with van der Waals surface area (Å²) in [5.41, 5.74) is 1.66. The Morgan fingerprint density at radius 2 is 1.84 bits per heavy atom. The Kier molecular flexibility index (Phi) is 7.98. The number of piperidine rings is 1. The molecule has 2 aliphatic heterocycles. The second-order valence-corrected chi connectivity index (χ2v) is 10.0. The van der Waals surface area contributed by atoms with E-state index in [9.17, 15) is 9.59 Å². The minimum Gasteiger partial charge on any atom is -0.465 e. The molecule has 2 fully saturated rings. The average Bonchev–Trinajstić information content (AvgIpc) is 3.16. The number of fused-ring (bicyclic) bond motifs is 1. The molecule has 2 saturated heterocycles. The first-order valence-electron chi connectivity index (χ1n) is 11.7. The van der Waals surface area contributed by atoms with E-state index in [2.05, 4.69) is 15.1 Å². The number of hydrogen-bond acceptors (Lipinski definition) is 7. The van der Waals surface area contributed by atoms with Crippen molar-refractivity contribution >= 4 is 28.2 Å². The summed E-state index contributed by atoms with van der Waals surface area (Å²) in [5.74, 6) is 0.378. The van der Waals surface area contributed by atoms with Crippen molar-refractivity contribution in [2.75, 3.05) is 64.9 Å². The summed E-state index contributed by atoms with van der Waals surface area (Å²) in [5, 5.41) is 3.70. The van der Waals surface area contributed by atoms with Crippen LogP contribution in [0.4, 0.5) is 5.00 Å². The van der Waals surface area contributed by atoms with E-state index in [1.54, 1.807) is 11.3 Å². The van der Waals surface area contributed by atoms with Crippen LogP contribution < -0.4 is 5.32 Å². The number of ether oxygens (including phenoxy) is 2. The van der Waals surface area contributed by atoms with Gasteiger partial charge in [-0.1, -0.05) is 0 Å². The van der Waals surface area contributed by atoms with Crippen LogP contribution in [0.15, 0.2) is 0 Å². The zero-order valence-electron chi connectivity index (χ0n) is 18.6. The lowest BCUT2D eigenvalue weighted by Crippen LogP contribution is -2.41. The predicted molar refractivity (Wildman–Crippen MR) is 122 cm³/mol. The van der Waals surface area contributed by atoms with E-state index < -0.39 is 0 Å². The number of anilines is 1. The monoisotopic (exact) mass is 449 g/mol. The van der Waals surface area contributed by atoms with Crippen molar-refractivity contribution in [3.63, 3.8) is 0 Å². The largest absolute Gasteiger partial charge is 0.465 e. The third-order valence-electron chi connectivity index (χ3n) is 6.85. The lowest BCUT2D eigenvalue weighted by Gasteiger charge is -2.33. The molecule has 0 atom stereocenters. The quantitative estimate of drug-likeness (QED) is 0.646. The Morgan fingerprint density at radius 1 is 1.10 bits per heavy atom. The number of methoxy groups -OCH3 is 1. The van der Waals surface area contributed by atoms with Gasteiger partial charge in [-0.05, 0) is 76.1 Å². The van der Waals surface area contributed by atoms with Crippen LogP contribution in [0.1, 0.15) is 52.9 Å². The summed E-state index contributed by atoms with van der Waals surface area (Å²) in [4.78, 5) is 31.1. The van der Waals surface area contributed by atoms with Crippen molar-refractivity contribution in [3.8, 4) is 0 Å². The molecule has 0 radical (unpaired) electrons. The second-order valence-electron chi connectivity index (χ2n) is 8.92. The highest BCUT2D eigenvalue weighted by Crippen LogP contribution is 2.38. The van der Waals surface area contributed by atoms with Crippen molar-refractivity contribution in [2.45, 2.75) is 44.9 Å². The molecule has 1 aromatic heterocycles. The molecule has 1 amide bonds. The molecule has 172 valence electrons. The van der Waals surface area contributed by atoms with Gasteiger partial charge in [0, 0.05) is 18.0 Å². The molecule has 0 bridgehead atoms. The first-order valence-corrected chi connectivity index (χ1v) is 12.5. The first-order chi connectivity index (χ1) is 15.1. The van der Waals surface area contributed by atoms with Gasteiger partial charge in [-0.15, -0.1) is 11.3 Å². The van der Waals surface area contributed by atoms with Gasteiger partial charge >= 0.3 is 5.97 Å². The molecule has 0 saturated carbocycles. The molecule has 8 heteroatoms. The van der Waals surface area contributed by atoms with Gasteiger partial charge in [0.25, 0.3) is 0 Å². The van der Waals surface area contributed by atoms with Gasteiger partial charge < -0.3 is 14.8 Å². The number of rotatable bonds is 7. The van der Waals surface area contributed by atoms with E-state index in [0.29, 0.717) is 17.1 Å². The number of carbonyl (C=O) groups is 2. The fourth-order valence-corrected chi connectivity index (χ4v) is 6.26. The van der Waals surface area contributed by atoms with Crippen molar-refractivity contribution in [1.29, 1.82) is 0 Å². The number of morpholine rings is 1. The van der Waals surface area contributed by atoms with E-state index in [4.69, 9.17) is 9.47 Å². The maximum atomic E-state index is 12.8. The third-order valence-corrected chi connectivity index (χ3v) is 8.05. The number of carbonyl (C=O) groups excluding carboxylic acids is 2. The number of nitrogens with one attached hydrogen (secondary N) is 1. The van der Waals surface area contributed by atoms with Gasteiger partial charge in [-0.3, -0.25) is 14.6 Å². The molecule has 0 aromatic carbocycles. The van der Waals surface area contributed by atoms with E-state index in [1.807, 2.05) is 0 Å². The van der Waals surface area contributed by atoms with Crippen LogP contribution in [-0.4, -0.2) is 81.3 Å². The maximum Gasteiger partial charge on any atom is 0.341 e. The van der Waals surface area contributed by atoms with Crippen molar-refractivity contribution in [1.82, 2.24) is 9.80 Å². The fraction of sp³-hybridized carbons (Fsp3) is 0.739. The zero-order chi connectivity index (χ0) is 21.6. The molecular weight excluding hydrogens is 414 g/mol. The smallest absolute Gasteiger partial charge is 0.341 e. The molecule has 7 nitrogen and oxygen atoms in total.